The van der Waals surface area contributed by atoms with Crippen LogP contribution in [0, 0.1) is 5.41 Å². The normalized spacial score (nSPS) is 14.2. The van der Waals surface area contributed by atoms with E-state index in [2.05, 4.69) is 55.0 Å². The van der Waals surface area contributed by atoms with Crippen LogP contribution < -0.4 is 10.5 Å². The van der Waals surface area contributed by atoms with Crippen LogP contribution in [0.25, 0.3) is 22.5 Å². The quantitative estimate of drug-likeness (QED) is 0.468. The first kappa shape index (κ1) is 23.5. The van der Waals surface area contributed by atoms with Crippen molar-refractivity contribution < 1.29 is 9.84 Å². The summed E-state index contributed by atoms with van der Waals surface area (Å²) in [5.41, 5.74) is 10.9. The zero-order valence-corrected chi connectivity index (χ0v) is 19.8. The lowest BCUT2D eigenvalue weighted by Gasteiger charge is -2.26. The van der Waals surface area contributed by atoms with Crippen molar-refractivity contribution >= 4 is 34.5 Å². The summed E-state index contributed by atoms with van der Waals surface area (Å²) in [4.78, 5) is 13.3. The Bertz CT molecular complexity index is 1310. The van der Waals surface area contributed by atoms with E-state index in [-0.39, 0.29) is 12.0 Å². The molecule has 2 aromatic carbocycles. The molecule has 0 atom stereocenters. The lowest BCUT2D eigenvalue weighted by molar-refractivity contribution is 0.310. The molecule has 0 fully saturated rings. The number of aliphatic imine (C=N–C) groups is 2. The molecule has 3 N–H and O–H groups in total. The number of hydrogen-bond donors (Lipinski definition) is 2. The highest BCUT2D eigenvalue weighted by molar-refractivity contribution is 6.15. The highest BCUT2D eigenvalue weighted by Gasteiger charge is 2.25. The second kappa shape index (κ2) is 10.1. The van der Waals surface area contributed by atoms with Gasteiger partial charge in [-0.15, -0.1) is 0 Å². The summed E-state index contributed by atoms with van der Waals surface area (Å²) in [6.07, 6.45) is 7.19. The van der Waals surface area contributed by atoms with Crippen LogP contribution in [-0.4, -0.2) is 35.2 Å². The van der Waals surface area contributed by atoms with Crippen molar-refractivity contribution in [1.82, 2.24) is 4.98 Å². The predicted molar refractivity (Wildman–Crippen MR) is 140 cm³/mol. The lowest BCUT2D eigenvalue weighted by atomic mass is 9.85. The molecule has 1 aromatic heterocycles. The third-order valence-corrected chi connectivity index (χ3v) is 5.52. The van der Waals surface area contributed by atoms with Gasteiger partial charge in [0.1, 0.15) is 12.4 Å². The number of rotatable bonds is 8. The number of aliphatic hydroxyl groups is 1. The van der Waals surface area contributed by atoms with E-state index in [1.165, 1.54) is 0 Å². The van der Waals surface area contributed by atoms with Crippen LogP contribution in [0.2, 0.25) is 0 Å². The predicted octanol–water partition coefficient (Wildman–Crippen LogP) is 5.02. The topological polar surface area (TPSA) is 93.1 Å². The molecule has 1 aliphatic heterocycles. The molecule has 2 heterocycles. The van der Waals surface area contributed by atoms with Crippen LogP contribution in [0.15, 0.2) is 76.5 Å². The van der Waals surface area contributed by atoms with Gasteiger partial charge in [0.05, 0.1) is 23.7 Å². The highest BCUT2D eigenvalue weighted by Crippen LogP contribution is 2.37. The van der Waals surface area contributed by atoms with Gasteiger partial charge in [-0.1, -0.05) is 45.0 Å². The van der Waals surface area contributed by atoms with Gasteiger partial charge in [0, 0.05) is 41.0 Å². The number of allylic oxidation sites excluding steroid dienone is 1. The number of fused-ring (bicyclic) bond motifs is 1. The molecule has 0 amide bonds. The minimum Gasteiger partial charge on any atom is -0.488 e. The molecule has 0 saturated carbocycles. The van der Waals surface area contributed by atoms with Gasteiger partial charge in [-0.3, -0.25) is 15.0 Å². The van der Waals surface area contributed by atoms with Crippen LogP contribution in [-0.2, 0) is 6.61 Å². The molecular weight excluding hydrogens is 424 g/mol. The van der Waals surface area contributed by atoms with Crippen molar-refractivity contribution in [1.29, 1.82) is 0 Å². The number of aliphatic hydroxyl groups excluding tert-OH is 1. The first-order valence-corrected chi connectivity index (χ1v) is 11.3. The summed E-state index contributed by atoms with van der Waals surface area (Å²) < 4.78 is 6.22. The van der Waals surface area contributed by atoms with Gasteiger partial charge in [0.2, 0.25) is 0 Å². The van der Waals surface area contributed by atoms with E-state index in [1.54, 1.807) is 18.5 Å². The van der Waals surface area contributed by atoms with Crippen molar-refractivity contribution in [3.63, 3.8) is 0 Å². The minimum atomic E-state index is -0.186. The number of ether oxygens (including phenoxy) is 1. The van der Waals surface area contributed by atoms with Crippen molar-refractivity contribution in [2.45, 2.75) is 27.4 Å². The zero-order valence-electron chi connectivity index (χ0n) is 19.8. The molecular formula is C28H30N4O2. The molecule has 4 rings (SSSR count). The Labute approximate surface area is 200 Å². The van der Waals surface area contributed by atoms with Gasteiger partial charge < -0.3 is 15.6 Å². The fraction of sp³-hybridized carbons (Fsp3) is 0.250. The molecule has 174 valence electrons. The maximum absolute atomic E-state index is 9.49. The summed E-state index contributed by atoms with van der Waals surface area (Å²) in [5.74, 6) is 0.816. The summed E-state index contributed by atoms with van der Waals surface area (Å²) in [7, 11) is 0. The van der Waals surface area contributed by atoms with Gasteiger partial charge >= 0.3 is 0 Å². The first-order chi connectivity index (χ1) is 16.4. The summed E-state index contributed by atoms with van der Waals surface area (Å²) in [5, 5.41) is 11.7. The van der Waals surface area contributed by atoms with Crippen LogP contribution in [0.4, 0.5) is 0 Å². The maximum atomic E-state index is 9.49. The largest absolute Gasteiger partial charge is 0.488 e. The van der Waals surface area contributed by atoms with Gasteiger partial charge in [-0.2, -0.15) is 0 Å². The molecule has 34 heavy (non-hydrogen) atoms. The zero-order chi connectivity index (χ0) is 24.1. The molecule has 0 spiro atoms. The Hall–Kier alpha value is -3.61. The molecule has 0 saturated heterocycles. The van der Waals surface area contributed by atoms with Crippen LogP contribution in [0.3, 0.4) is 0 Å². The average Bonchev–Trinajstić information content (AvgIpc) is 2.79. The molecule has 6 nitrogen and oxygen atoms in total. The van der Waals surface area contributed by atoms with E-state index in [9.17, 15) is 5.11 Å². The fourth-order valence-electron chi connectivity index (χ4n) is 3.69. The number of hydrogen-bond acceptors (Lipinski definition) is 6. The first-order valence-electron chi connectivity index (χ1n) is 11.3. The number of nitrogens with zero attached hydrogens (tertiary/aromatic N) is 3. The monoisotopic (exact) mass is 454 g/mol. The Balaban J connectivity index is 1.54. The number of pyridine rings is 1. The van der Waals surface area contributed by atoms with E-state index < -0.39 is 0 Å². The molecule has 0 radical (unpaired) electrons. The summed E-state index contributed by atoms with van der Waals surface area (Å²) >= 11 is 0. The van der Waals surface area contributed by atoms with Crippen LogP contribution in [0.5, 0.6) is 5.75 Å². The van der Waals surface area contributed by atoms with Gasteiger partial charge in [-0.05, 0) is 47.4 Å². The van der Waals surface area contributed by atoms with E-state index in [4.69, 9.17) is 15.5 Å². The molecule has 0 bridgehead atoms. The fourth-order valence-corrected chi connectivity index (χ4v) is 3.69. The van der Waals surface area contributed by atoms with E-state index in [0.717, 1.165) is 39.1 Å². The third kappa shape index (κ3) is 5.30. The molecule has 1 aliphatic rings. The van der Waals surface area contributed by atoms with Crippen LogP contribution >= 0.6 is 0 Å². The molecule has 0 aliphatic carbocycles. The molecule has 6 heteroatoms. The van der Waals surface area contributed by atoms with Gasteiger partial charge in [-0.25, -0.2) is 0 Å². The highest BCUT2D eigenvalue weighted by atomic mass is 16.5. The van der Waals surface area contributed by atoms with E-state index in [1.807, 2.05) is 30.3 Å². The second-order valence-corrected chi connectivity index (χ2v) is 9.15. The standard InChI is InChI=1S/C28H30N4O2/c1-28(2,3)27-16-25(32-27)23-8-9-26(24-7-5-4-6-22(23)24)34-18-19-10-12-30-20(14-19)15-21(17-33)31-13-11-29/h4-10,12-16,33H,11,17-18,29H2,1-3H3. The van der Waals surface area contributed by atoms with E-state index in [0.29, 0.717) is 24.5 Å². The van der Waals surface area contributed by atoms with Crippen molar-refractivity contribution in [2.24, 2.45) is 21.1 Å². The van der Waals surface area contributed by atoms with Crippen molar-refractivity contribution in [3.8, 4) is 5.75 Å². The van der Waals surface area contributed by atoms with Gasteiger partial charge in [0.15, 0.2) is 0 Å². The Morgan fingerprint density at radius 1 is 1.12 bits per heavy atom. The van der Waals surface area contributed by atoms with Crippen LogP contribution in [0.1, 0.15) is 37.6 Å². The molecule has 0 unspecified atom stereocenters. The third-order valence-electron chi connectivity index (χ3n) is 5.52. The van der Waals surface area contributed by atoms with Crippen molar-refractivity contribution in [2.75, 3.05) is 13.2 Å². The average molecular weight is 455 g/mol. The number of aromatic nitrogens is 1. The number of nitrogens with two attached hydrogens (primary N) is 1. The summed E-state index contributed by atoms with van der Waals surface area (Å²) in [6, 6.07) is 16.2. The van der Waals surface area contributed by atoms with Crippen molar-refractivity contribution in [3.05, 3.63) is 83.3 Å². The molecule has 3 aromatic rings. The van der Waals surface area contributed by atoms with E-state index >= 15 is 0 Å². The summed E-state index contributed by atoms with van der Waals surface area (Å²) in [6.45, 7) is 7.04. The Kier molecular flexibility index (Phi) is 7.01. The van der Waals surface area contributed by atoms with Gasteiger partial charge in [0.25, 0.3) is 0 Å². The second-order valence-electron chi connectivity index (χ2n) is 9.15. The lowest BCUT2D eigenvalue weighted by Crippen LogP contribution is -2.22. The Morgan fingerprint density at radius 2 is 1.88 bits per heavy atom. The minimum absolute atomic E-state index is 0.0512. The SMILES string of the molecule is CC(C)(C)C1=NC(c2ccc(OCc3ccnc(C=C(CO)N=CCN)c3)c3ccccc23)=C1. The number of benzene rings is 2. The maximum Gasteiger partial charge on any atom is 0.127 e. The Morgan fingerprint density at radius 3 is 2.59 bits per heavy atom. The smallest absolute Gasteiger partial charge is 0.127 e.